The quantitative estimate of drug-likeness (QED) is 0.795. The molecule has 1 saturated heterocycles. The molecule has 1 heterocycles. The lowest BCUT2D eigenvalue weighted by Crippen LogP contribution is -2.36. The minimum absolute atomic E-state index is 0.0464. The summed E-state index contributed by atoms with van der Waals surface area (Å²) in [6.07, 6.45) is 1.83. The molecular weight excluding hydrogens is 277 g/mol. The third-order valence-electron chi connectivity index (χ3n) is 2.39. The van der Waals surface area contributed by atoms with E-state index in [1.165, 1.54) is 17.2 Å². The first-order valence-electron chi connectivity index (χ1n) is 5.08. The molecule has 3 nitrogen and oxygen atoms in total. The molecule has 0 unspecified atom stereocenters. The van der Waals surface area contributed by atoms with Crippen molar-refractivity contribution in [3.8, 4) is 0 Å². The first kappa shape index (κ1) is 11.5. The number of carbonyl (C=O) groups excluding carboxylic acids is 1. The maximum absolute atomic E-state index is 13.5. The molecule has 0 radical (unpaired) electrons. The number of hydroxylamine groups is 2. The van der Waals surface area contributed by atoms with Gasteiger partial charge in [-0.1, -0.05) is 15.9 Å². The number of hydrogen-bond acceptors (Lipinski definition) is 2. The average molecular weight is 288 g/mol. The summed E-state index contributed by atoms with van der Waals surface area (Å²) in [5.41, 5.74) is 0.0464. The number of amides is 1. The van der Waals surface area contributed by atoms with Crippen molar-refractivity contribution < 1.29 is 14.0 Å². The molecule has 0 atom stereocenters. The van der Waals surface area contributed by atoms with Gasteiger partial charge in [0.25, 0.3) is 5.91 Å². The van der Waals surface area contributed by atoms with E-state index in [-0.39, 0.29) is 5.56 Å². The summed E-state index contributed by atoms with van der Waals surface area (Å²) in [4.78, 5) is 17.1. The minimum Gasteiger partial charge on any atom is -0.271 e. The summed E-state index contributed by atoms with van der Waals surface area (Å²) in [7, 11) is 0. The molecule has 0 bridgehead atoms. The van der Waals surface area contributed by atoms with Gasteiger partial charge in [0, 0.05) is 11.0 Å². The molecule has 1 aromatic rings. The van der Waals surface area contributed by atoms with Gasteiger partial charge in [-0.2, -0.15) is 0 Å². The Hall–Kier alpha value is -0.940. The summed E-state index contributed by atoms with van der Waals surface area (Å²) in [5, 5.41) is 1.23. The van der Waals surface area contributed by atoms with Gasteiger partial charge in [0.05, 0.1) is 12.2 Å². The van der Waals surface area contributed by atoms with Crippen molar-refractivity contribution in [2.45, 2.75) is 12.8 Å². The Bertz CT molecular complexity index is 405. The second-order valence-corrected chi connectivity index (χ2v) is 4.49. The van der Waals surface area contributed by atoms with E-state index in [9.17, 15) is 9.18 Å². The summed E-state index contributed by atoms with van der Waals surface area (Å²) in [6, 6.07) is 4.37. The molecule has 2 rings (SSSR count). The van der Waals surface area contributed by atoms with E-state index in [0.29, 0.717) is 17.6 Å². The summed E-state index contributed by atoms with van der Waals surface area (Å²) < 4.78 is 14.1. The van der Waals surface area contributed by atoms with E-state index >= 15 is 0 Å². The molecule has 1 amide bonds. The lowest BCUT2D eigenvalue weighted by atomic mass is 10.2. The van der Waals surface area contributed by atoms with Crippen molar-refractivity contribution in [2.24, 2.45) is 0 Å². The highest BCUT2D eigenvalue weighted by atomic mass is 79.9. The second kappa shape index (κ2) is 4.93. The van der Waals surface area contributed by atoms with Crippen LogP contribution in [0.3, 0.4) is 0 Å². The molecular formula is C11H11BrFNO2. The standard InChI is InChI=1S/C11H11BrFNO2/c12-8-3-4-9(10(13)7-8)11(15)14-5-1-2-6-16-14/h3-4,7H,1-2,5-6H2. The van der Waals surface area contributed by atoms with Crippen LogP contribution in [0.2, 0.25) is 0 Å². The van der Waals surface area contributed by atoms with Gasteiger partial charge in [-0.05, 0) is 31.0 Å². The van der Waals surface area contributed by atoms with Crippen LogP contribution in [0.1, 0.15) is 23.2 Å². The zero-order valence-electron chi connectivity index (χ0n) is 8.58. The first-order valence-corrected chi connectivity index (χ1v) is 5.87. The fourth-order valence-corrected chi connectivity index (χ4v) is 1.89. The van der Waals surface area contributed by atoms with Crippen LogP contribution in [0, 0.1) is 5.82 Å². The number of halogens is 2. The number of hydrogen-bond donors (Lipinski definition) is 0. The van der Waals surface area contributed by atoms with Gasteiger partial charge in [-0.15, -0.1) is 0 Å². The molecule has 16 heavy (non-hydrogen) atoms. The lowest BCUT2D eigenvalue weighted by molar-refractivity contribution is -0.144. The van der Waals surface area contributed by atoms with Crippen LogP contribution in [-0.2, 0) is 4.84 Å². The maximum Gasteiger partial charge on any atom is 0.280 e. The third-order valence-corrected chi connectivity index (χ3v) is 2.88. The van der Waals surface area contributed by atoms with Crippen LogP contribution in [-0.4, -0.2) is 24.1 Å². The molecule has 0 saturated carbocycles. The van der Waals surface area contributed by atoms with Crippen molar-refractivity contribution in [1.82, 2.24) is 5.06 Å². The molecule has 86 valence electrons. The lowest BCUT2D eigenvalue weighted by Gasteiger charge is -2.25. The number of nitrogens with zero attached hydrogens (tertiary/aromatic N) is 1. The summed E-state index contributed by atoms with van der Waals surface area (Å²) in [5.74, 6) is -0.946. The van der Waals surface area contributed by atoms with E-state index in [1.807, 2.05) is 0 Å². The first-order chi connectivity index (χ1) is 7.68. The Kier molecular flexibility index (Phi) is 3.56. The molecule has 1 aliphatic rings. The predicted molar refractivity (Wildman–Crippen MR) is 60.3 cm³/mol. The third kappa shape index (κ3) is 2.41. The van der Waals surface area contributed by atoms with Gasteiger partial charge < -0.3 is 0 Å². The Balaban J connectivity index is 2.19. The Morgan fingerprint density at radius 2 is 2.25 bits per heavy atom. The molecule has 1 aromatic carbocycles. The highest BCUT2D eigenvalue weighted by Crippen LogP contribution is 2.18. The molecule has 5 heteroatoms. The van der Waals surface area contributed by atoms with Gasteiger partial charge in [-0.25, -0.2) is 9.45 Å². The zero-order valence-corrected chi connectivity index (χ0v) is 10.2. The molecule has 0 aromatic heterocycles. The van der Waals surface area contributed by atoms with E-state index in [4.69, 9.17) is 4.84 Å². The van der Waals surface area contributed by atoms with E-state index < -0.39 is 11.7 Å². The van der Waals surface area contributed by atoms with Crippen molar-refractivity contribution in [1.29, 1.82) is 0 Å². The van der Waals surface area contributed by atoms with E-state index in [0.717, 1.165) is 12.8 Å². The summed E-state index contributed by atoms with van der Waals surface area (Å²) in [6.45, 7) is 1.04. The Labute approximate surface area is 101 Å². The van der Waals surface area contributed by atoms with Gasteiger partial charge in [0.2, 0.25) is 0 Å². The van der Waals surface area contributed by atoms with Crippen LogP contribution in [0.4, 0.5) is 4.39 Å². The van der Waals surface area contributed by atoms with Crippen LogP contribution < -0.4 is 0 Å². The van der Waals surface area contributed by atoms with Crippen molar-refractivity contribution in [3.05, 3.63) is 34.1 Å². The molecule has 1 fully saturated rings. The topological polar surface area (TPSA) is 29.5 Å². The van der Waals surface area contributed by atoms with E-state index in [2.05, 4.69) is 15.9 Å². The zero-order chi connectivity index (χ0) is 11.5. The monoisotopic (exact) mass is 287 g/mol. The van der Waals surface area contributed by atoms with Crippen molar-refractivity contribution in [3.63, 3.8) is 0 Å². The molecule has 0 spiro atoms. The normalized spacial score (nSPS) is 16.2. The van der Waals surface area contributed by atoms with Gasteiger partial charge in [0.15, 0.2) is 0 Å². The van der Waals surface area contributed by atoms with Crippen LogP contribution in [0.25, 0.3) is 0 Å². The Morgan fingerprint density at radius 1 is 1.44 bits per heavy atom. The molecule has 0 N–H and O–H groups in total. The van der Waals surface area contributed by atoms with Crippen LogP contribution >= 0.6 is 15.9 Å². The minimum atomic E-state index is -0.534. The average Bonchev–Trinajstić information content (AvgIpc) is 2.29. The number of rotatable bonds is 1. The fourth-order valence-electron chi connectivity index (χ4n) is 1.55. The Morgan fingerprint density at radius 3 is 2.88 bits per heavy atom. The largest absolute Gasteiger partial charge is 0.280 e. The fraction of sp³-hybridized carbons (Fsp3) is 0.364. The van der Waals surface area contributed by atoms with Crippen molar-refractivity contribution >= 4 is 21.8 Å². The summed E-state index contributed by atoms with van der Waals surface area (Å²) >= 11 is 3.15. The van der Waals surface area contributed by atoms with E-state index in [1.54, 1.807) is 6.07 Å². The highest BCUT2D eigenvalue weighted by molar-refractivity contribution is 9.10. The second-order valence-electron chi connectivity index (χ2n) is 3.57. The van der Waals surface area contributed by atoms with Gasteiger partial charge in [0.1, 0.15) is 5.82 Å². The predicted octanol–water partition coefficient (Wildman–Crippen LogP) is 2.76. The number of benzene rings is 1. The molecule has 1 aliphatic heterocycles. The van der Waals surface area contributed by atoms with Gasteiger partial charge in [-0.3, -0.25) is 9.63 Å². The SMILES string of the molecule is O=C(c1ccc(Br)cc1F)N1CCCCO1. The van der Waals surface area contributed by atoms with Crippen LogP contribution in [0.15, 0.2) is 22.7 Å². The highest BCUT2D eigenvalue weighted by Gasteiger charge is 2.22. The maximum atomic E-state index is 13.5. The van der Waals surface area contributed by atoms with Crippen molar-refractivity contribution in [2.75, 3.05) is 13.2 Å². The van der Waals surface area contributed by atoms with Crippen LogP contribution in [0.5, 0.6) is 0 Å². The molecule has 0 aliphatic carbocycles. The smallest absolute Gasteiger partial charge is 0.271 e. The number of carbonyl (C=O) groups is 1. The van der Waals surface area contributed by atoms with Gasteiger partial charge >= 0.3 is 0 Å².